The van der Waals surface area contributed by atoms with Gasteiger partial charge in [-0.1, -0.05) is 37.6 Å². The number of aryl methyl sites for hydroxylation is 1. The minimum atomic E-state index is 0.486. The molecular formula is C21H33ClN4S. The maximum Gasteiger partial charge on any atom is 0.0983 e. The number of aliphatic imine (C=N–C) groups is 1. The average Bonchev–Trinajstić information content (AvgIpc) is 3.43. The fourth-order valence-electron chi connectivity index (χ4n) is 2.47. The molecule has 4 N–H and O–H groups in total. The van der Waals surface area contributed by atoms with Gasteiger partial charge in [0.1, 0.15) is 0 Å². The normalized spacial score (nSPS) is 13.3. The zero-order valence-electron chi connectivity index (χ0n) is 17.3. The first kappa shape index (κ1) is 23.6. The lowest BCUT2D eigenvalue weighted by Gasteiger charge is -2.11. The number of hydrogen-bond acceptors (Lipinski definition) is 5. The van der Waals surface area contributed by atoms with Crippen LogP contribution in [0, 0.1) is 13.8 Å². The summed E-state index contributed by atoms with van der Waals surface area (Å²) < 4.78 is 0. The van der Waals surface area contributed by atoms with Gasteiger partial charge in [-0.2, -0.15) is 0 Å². The van der Waals surface area contributed by atoms with E-state index in [1.54, 1.807) is 7.05 Å². The first-order valence-corrected chi connectivity index (χ1v) is 10.8. The van der Waals surface area contributed by atoms with Gasteiger partial charge >= 0.3 is 0 Å². The zero-order valence-corrected chi connectivity index (χ0v) is 18.9. The van der Waals surface area contributed by atoms with Crippen molar-refractivity contribution in [2.45, 2.75) is 53.5 Å². The summed E-state index contributed by atoms with van der Waals surface area (Å²) in [4.78, 5) is 6.37. The van der Waals surface area contributed by atoms with E-state index >= 15 is 0 Å². The van der Waals surface area contributed by atoms with Crippen molar-refractivity contribution in [2.24, 2.45) is 10.8 Å². The van der Waals surface area contributed by atoms with Crippen molar-refractivity contribution >= 4 is 33.7 Å². The van der Waals surface area contributed by atoms with Crippen LogP contribution >= 0.6 is 22.9 Å². The largest absolute Gasteiger partial charge is 0.377 e. The van der Waals surface area contributed by atoms with Crippen molar-refractivity contribution < 1.29 is 0 Å². The Labute approximate surface area is 173 Å². The molecule has 0 atom stereocenters. The van der Waals surface area contributed by atoms with Crippen LogP contribution in [0.4, 0.5) is 5.00 Å². The molecule has 1 heterocycles. The van der Waals surface area contributed by atoms with E-state index in [4.69, 9.17) is 16.6 Å². The fourth-order valence-corrected chi connectivity index (χ4v) is 3.73. The number of hydrogen-bond donors (Lipinski definition) is 3. The van der Waals surface area contributed by atoms with Crippen LogP contribution in [-0.4, -0.2) is 25.3 Å². The number of nitrogens with one attached hydrogen (secondary N) is 2. The van der Waals surface area contributed by atoms with Gasteiger partial charge in [0.2, 0.25) is 0 Å². The van der Waals surface area contributed by atoms with E-state index in [1.165, 1.54) is 33.8 Å². The maximum absolute atomic E-state index is 6.05. The fraction of sp³-hybridized carbons (Fsp3) is 0.476. The molecule has 0 radical (unpaired) electrons. The minimum absolute atomic E-state index is 0.486. The van der Waals surface area contributed by atoms with Crippen LogP contribution in [-0.2, 0) is 0 Å². The Morgan fingerprint density at radius 2 is 1.78 bits per heavy atom. The van der Waals surface area contributed by atoms with Crippen molar-refractivity contribution in [1.29, 1.82) is 0 Å². The number of nitrogens with zero attached hydrogens (tertiary/aromatic N) is 1. The zero-order chi connectivity index (χ0) is 20.4. The van der Waals surface area contributed by atoms with Gasteiger partial charge in [0.25, 0.3) is 0 Å². The van der Waals surface area contributed by atoms with E-state index in [0.717, 1.165) is 22.8 Å². The summed E-state index contributed by atoms with van der Waals surface area (Å²) in [5, 5.41) is 5.50. The number of nitrogens with two attached hydrogens (primary N) is 1. The SMILES string of the molecule is CC.CCNc1sc(C)c(C)c1C(=NC1CC1)c1ccc(Cl)cc1.CNN. The van der Waals surface area contributed by atoms with Gasteiger partial charge in [-0.25, -0.2) is 0 Å². The summed E-state index contributed by atoms with van der Waals surface area (Å²) in [7, 11) is 1.65. The van der Waals surface area contributed by atoms with E-state index in [-0.39, 0.29) is 0 Å². The van der Waals surface area contributed by atoms with Crippen LogP contribution in [0.3, 0.4) is 0 Å². The summed E-state index contributed by atoms with van der Waals surface area (Å²) in [5.41, 5.74) is 7.10. The molecule has 1 fully saturated rings. The topological polar surface area (TPSA) is 62.4 Å². The van der Waals surface area contributed by atoms with Crippen LogP contribution in [0.15, 0.2) is 29.3 Å². The number of rotatable bonds is 5. The van der Waals surface area contributed by atoms with Crippen molar-refractivity contribution in [2.75, 3.05) is 18.9 Å². The molecule has 2 aromatic rings. The molecule has 4 nitrogen and oxygen atoms in total. The first-order chi connectivity index (χ1) is 13.0. The predicted molar refractivity (Wildman–Crippen MR) is 123 cm³/mol. The molecule has 1 aromatic carbocycles. The van der Waals surface area contributed by atoms with Crippen LogP contribution in [0.2, 0.25) is 5.02 Å². The van der Waals surface area contributed by atoms with E-state index in [2.05, 4.69) is 49.5 Å². The lowest BCUT2D eigenvalue weighted by atomic mass is 10.00. The molecule has 1 saturated carbocycles. The van der Waals surface area contributed by atoms with Crippen molar-refractivity contribution in [3.05, 3.63) is 50.9 Å². The average molecular weight is 409 g/mol. The third-order valence-electron chi connectivity index (χ3n) is 3.94. The van der Waals surface area contributed by atoms with Gasteiger partial charge in [0, 0.05) is 27.6 Å². The van der Waals surface area contributed by atoms with E-state index in [1.807, 2.05) is 37.3 Å². The summed E-state index contributed by atoms with van der Waals surface area (Å²) in [5.74, 6) is 4.60. The molecule has 1 aliphatic carbocycles. The summed E-state index contributed by atoms with van der Waals surface area (Å²) >= 11 is 7.87. The molecule has 0 saturated heterocycles. The highest BCUT2D eigenvalue weighted by molar-refractivity contribution is 7.16. The second kappa shape index (κ2) is 12.1. The Kier molecular flexibility index (Phi) is 10.6. The molecule has 27 heavy (non-hydrogen) atoms. The predicted octanol–water partition coefficient (Wildman–Crippen LogP) is 5.56. The van der Waals surface area contributed by atoms with E-state index < -0.39 is 0 Å². The monoisotopic (exact) mass is 408 g/mol. The summed E-state index contributed by atoms with van der Waals surface area (Å²) in [6.45, 7) is 11.4. The van der Waals surface area contributed by atoms with Crippen LogP contribution in [0.1, 0.15) is 55.2 Å². The number of benzene rings is 1. The Morgan fingerprint density at radius 1 is 1.22 bits per heavy atom. The second-order valence-corrected chi connectivity index (χ2v) is 7.68. The molecule has 150 valence electrons. The van der Waals surface area contributed by atoms with Crippen molar-refractivity contribution in [3.8, 4) is 0 Å². The van der Waals surface area contributed by atoms with Crippen LogP contribution in [0.5, 0.6) is 0 Å². The molecule has 1 aliphatic rings. The molecular weight excluding hydrogens is 376 g/mol. The number of hydrazine groups is 1. The molecule has 0 bridgehead atoms. The molecule has 1 aromatic heterocycles. The van der Waals surface area contributed by atoms with Gasteiger partial charge in [-0.15, -0.1) is 11.3 Å². The standard InChI is InChI=1S/C18H21ClN2S.C2H6.CH6N2/c1-4-20-18-16(11(2)12(3)22-18)17(21-15-9-10-15)13-5-7-14(19)8-6-13;1-2;1-3-2/h5-8,15,20H,4,9-10H2,1-3H3;1-2H3;3H,2H2,1H3. The second-order valence-electron chi connectivity index (χ2n) is 6.02. The third kappa shape index (κ3) is 6.92. The smallest absolute Gasteiger partial charge is 0.0983 e. The van der Waals surface area contributed by atoms with Crippen LogP contribution in [0.25, 0.3) is 0 Å². The third-order valence-corrected chi connectivity index (χ3v) is 5.35. The Balaban J connectivity index is 0.000000665. The summed E-state index contributed by atoms with van der Waals surface area (Å²) in [6.07, 6.45) is 2.41. The quantitative estimate of drug-likeness (QED) is 0.345. The lowest BCUT2D eigenvalue weighted by Crippen LogP contribution is -2.13. The number of halogens is 1. The lowest BCUT2D eigenvalue weighted by molar-refractivity contribution is 0.900. The van der Waals surface area contributed by atoms with Gasteiger partial charge in [-0.3, -0.25) is 16.3 Å². The molecule has 0 aliphatic heterocycles. The van der Waals surface area contributed by atoms with Gasteiger partial charge in [0.05, 0.1) is 16.8 Å². The van der Waals surface area contributed by atoms with Crippen molar-refractivity contribution in [1.82, 2.24) is 5.43 Å². The number of thiophene rings is 1. The molecule has 6 heteroatoms. The highest BCUT2D eigenvalue weighted by Crippen LogP contribution is 2.36. The van der Waals surface area contributed by atoms with Crippen molar-refractivity contribution in [3.63, 3.8) is 0 Å². The molecule has 3 rings (SSSR count). The summed E-state index contributed by atoms with van der Waals surface area (Å²) in [6, 6.07) is 8.53. The Hall–Kier alpha value is -1.40. The highest BCUT2D eigenvalue weighted by Gasteiger charge is 2.25. The van der Waals surface area contributed by atoms with E-state index in [0.29, 0.717) is 6.04 Å². The van der Waals surface area contributed by atoms with Gasteiger partial charge in [-0.05, 0) is 58.4 Å². The molecule has 0 unspecified atom stereocenters. The number of anilines is 1. The Morgan fingerprint density at radius 3 is 2.26 bits per heavy atom. The first-order valence-electron chi connectivity index (χ1n) is 9.57. The molecule has 0 spiro atoms. The maximum atomic E-state index is 6.05. The minimum Gasteiger partial charge on any atom is -0.377 e. The van der Waals surface area contributed by atoms with Gasteiger partial charge < -0.3 is 5.32 Å². The molecule has 0 amide bonds. The highest BCUT2D eigenvalue weighted by atomic mass is 35.5. The van der Waals surface area contributed by atoms with Gasteiger partial charge in [0.15, 0.2) is 0 Å². The Bertz CT molecular complexity index is 719. The van der Waals surface area contributed by atoms with Crippen LogP contribution < -0.4 is 16.6 Å². The van der Waals surface area contributed by atoms with E-state index in [9.17, 15) is 0 Å².